The predicted octanol–water partition coefficient (Wildman–Crippen LogP) is 9.38. The lowest BCUT2D eigenvalue weighted by atomic mass is 9.81. The van der Waals surface area contributed by atoms with E-state index in [1.807, 2.05) is 0 Å². The molecule has 0 amide bonds. The Bertz CT molecular complexity index is 1680. The predicted molar refractivity (Wildman–Crippen MR) is 201 cm³/mol. The van der Waals surface area contributed by atoms with Crippen LogP contribution in [0.2, 0.25) is 0 Å². The van der Waals surface area contributed by atoms with Crippen LogP contribution < -0.4 is 4.90 Å². The lowest BCUT2D eigenvalue weighted by molar-refractivity contribution is -0.438. The molecule has 0 radical (unpaired) electrons. The Morgan fingerprint density at radius 1 is 0.939 bits per heavy atom. The van der Waals surface area contributed by atoms with Crippen molar-refractivity contribution in [2.45, 2.75) is 104 Å². The SMILES string of the molecule is CC(=O)OCCCC[N+]1=C(/C=C/C2=C(Cl)C(=C/C=C3/N(CCCCOC(C)O)c4ccccc4C3(C)C)/CCC2)C(C)(C)c2ccccc21. The molecule has 49 heavy (non-hydrogen) atoms. The molecule has 262 valence electrons. The number of benzene rings is 2. The molecule has 0 saturated heterocycles. The summed E-state index contributed by atoms with van der Waals surface area (Å²) >= 11 is 7.22. The molecule has 2 aliphatic heterocycles. The number of aliphatic hydroxyl groups is 1. The van der Waals surface area contributed by atoms with Crippen molar-refractivity contribution < 1.29 is 24.0 Å². The lowest BCUT2D eigenvalue weighted by Gasteiger charge is -2.27. The molecule has 0 saturated carbocycles. The summed E-state index contributed by atoms with van der Waals surface area (Å²) in [5.41, 5.74) is 9.76. The van der Waals surface area contributed by atoms with Gasteiger partial charge in [-0.05, 0) is 88.1 Å². The highest BCUT2D eigenvalue weighted by Crippen LogP contribution is 2.48. The second kappa shape index (κ2) is 16.1. The molecule has 1 aliphatic carbocycles. The first-order valence-electron chi connectivity index (χ1n) is 18.0. The fourth-order valence-electron chi connectivity index (χ4n) is 7.54. The molecule has 1 N–H and O–H groups in total. The highest BCUT2D eigenvalue weighted by atomic mass is 35.5. The summed E-state index contributed by atoms with van der Waals surface area (Å²) in [5, 5.41) is 10.3. The number of unbranched alkanes of at least 4 members (excludes halogenated alkanes) is 2. The number of aliphatic hydroxyl groups excluding tert-OH is 1. The molecular weight excluding hydrogens is 632 g/mol. The Kier molecular flexibility index (Phi) is 12.1. The van der Waals surface area contributed by atoms with Crippen molar-refractivity contribution in [2.24, 2.45) is 0 Å². The van der Waals surface area contributed by atoms with Crippen LogP contribution in [0.4, 0.5) is 11.4 Å². The average Bonchev–Trinajstić information content (AvgIpc) is 3.41. The van der Waals surface area contributed by atoms with Crippen molar-refractivity contribution in [2.75, 3.05) is 31.2 Å². The van der Waals surface area contributed by atoms with Gasteiger partial charge in [-0.2, -0.15) is 4.58 Å². The quantitative estimate of drug-likeness (QED) is 0.0929. The van der Waals surface area contributed by atoms with E-state index in [1.165, 1.54) is 52.0 Å². The molecule has 0 fully saturated rings. The largest absolute Gasteiger partial charge is 0.466 e. The average molecular weight is 686 g/mol. The number of allylic oxidation sites excluding steroid dienone is 8. The van der Waals surface area contributed by atoms with E-state index in [1.54, 1.807) is 6.92 Å². The monoisotopic (exact) mass is 685 g/mol. The van der Waals surface area contributed by atoms with Crippen molar-refractivity contribution in [1.29, 1.82) is 0 Å². The minimum absolute atomic E-state index is 0.140. The lowest BCUT2D eigenvalue weighted by Crippen LogP contribution is -2.28. The number of halogens is 1. The Hall–Kier alpha value is -3.45. The molecule has 5 rings (SSSR count). The van der Waals surface area contributed by atoms with Gasteiger partial charge in [0.2, 0.25) is 5.69 Å². The number of anilines is 1. The van der Waals surface area contributed by atoms with Gasteiger partial charge in [-0.25, -0.2) is 0 Å². The highest BCUT2D eigenvalue weighted by molar-refractivity contribution is 6.32. The number of hydrogen-bond donors (Lipinski definition) is 1. The maximum Gasteiger partial charge on any atom is 0.302 e. The smallest absolute Gasteiger partial charge is 0.302 e. The Morgan fingerprint density at radius 3 is 2.41 bits per heavy atom. The van der Waals surface area contributed by atoms with Crippen LogP contribution in [0.15, 0.2) is 94.7 Å². The van der Waals surface area contributed by atoms with Gasteiger partial charge in [-0.15, -0.1) is 0 Å². The fraction of sp³-hybridized carbons (Fsp3) is 0.476. The number of carbonyl (C=O) groups excluding carboxylic acids is 1. The second-order valence-corrected chi connectivity index (χ2v) is 14.8. The topological polar surface area (TPSA) is 62.0 Å². The third kappa shape index (κ3) is 8.30. The van der Waals surface area contributed by atoms with Crippen molar-refractivity contribution in [1.82, 2.24) is 0 Å². The van der Waals surface area contributed by atoms with Crippen molar-refractivity contribution >= 4 is 34.7 Å². The zero-order valence-electron chi connectivity index (χ0n) is 30.2. The van der Waals surface area contributed by atoms with Gasteiger partial charge in [-0.3, -0.25) is 4.79 Å². The van der Waals surface area contributed by atoms with Gasteiger partial charge in [0, 0.05) is 66.0 Å². The van der Waals surface area contributed by atoms with Crippen molar-refractivity contribution in [3.63, 3.8) is 0 Å². The van der Waals surface area contributed by atoms with Crippen molar-refractivity contribution in [3.8, 4) is 0 Å². The normalized spacial score (nSPS) is 20.4. The molecule has 2 heterocycles. The van der Waals surface area contributed by atoms with Gasteiger partial charge in [0.05, 0.1) is 12.0 Å². The first-order chi connectivity index (χ1) is 23.4. The van der Waals surface area contributed by atoms with E-state index >= 15 is 0 Å². The molecular formula is C42H54ClN2O4+. The van der Waals surface area contributed by atoms with Gasteiger partial charge in [0.15, 0.2) is 12.0 Å². The van der Waals surface area contributed by atoms with Crippen LogP contribution in [0.3, 0.4) is 0 Å². The molecule has 0 aromatic heterocycles. The zero-order chi connectivity index (χ0) is 35.2. The summed E-state index contributed by atoms with van der Waals surface area (Å²) in [6, 6.07) is 17.4. The minimum Gasteiger partial charge on any atom is -0.466 e. The molecule has 2 aromatic carbocycles. The van der Waals surface area contributed by atoms with Crippen LogP contribution in [-0.2, 0) is 25.1 Å². The number of carbonyl (C=O) groups is 1. The first kappa shape index (κ1) is 36.8. The molecule has 0 spiro atoms. The maximum absolute atomic E-state index is 11.2. The van der Waals surface area contributed by atoms with E-state index in [9.17, 15) is 9.90 Å². The summed E-state index contributed by atoms with van der Waals surface area (Å²) in [4.78, 5) is 13.7. The summed E-state index contributed by atoms with van der Waals surface area (Å²) in [6.07, 6.45) is 14.9. The van der Waals surface area contributed by atoms with Crippen LogP contribution in [0.1, 0.15) is 97.6 Å². The second-order valence-electron chi connectivity index (χ2n) is 14.5. The molecule has 2 aromatic rings. The number of para-hydroxylation sites is 2. The highest BCUT2D eigenvalue weighted by Gasteiger charge is 2.44. The summed E-state index contributed by atoms with van der Waals surface area (Å²) < 4.78 is 13.0. The van der Waals surface area contributed by atoms with E-state index in [-0.39, 0.29) is 16.8 Å². The molecule has 3 aliphatic rings. The fourth-order valence-corrected chi connectivity index (χ4v) is 7.86. The van der Waals surface area contributed by atoms with E-state index in [2.05, 4.69) is 110 Å². The number of nitrogens with zero attached hydrogens (tertiary/aromatic N) is 2. The van der Waals surface area contributed by atoms with Crippen molar-refractivity contribution in [3.05, 3.63) is 106 Å². The number of fused-ring (bicyclic) bond motifs is 2. The van der Waals surface area contributed by atoms with Gasteiger partial charge in [-0.1, -0.05) is 74.0 Å². The van der Waals surface area contributed by atoms with Crippen LogP contribution in [0.5, 0.6) is 0 Å². The Labute approximate surface area is 298 Å². The number of ether oxygens (including phenoxy) is 2. The molecule has 7 heteroatoms. The van der Waals surface area contributed by atoms with E-state index < -0.39 is 6.29 Å². The Balaban J connectivity index is 1.40. The molecule has 6 nitrogen and oxygen atoms in total. The first-order valence-corrected chi connectivity index (χ1v) is 18.3. The standard InChI is InChI=1S/C42H54ClN2O4/c1-30(46)48-28-13-11-26-44-36-20-9-7-18-34(36)41(3,4)38(44)24-22-32-16-15-17-33(40(32)43)23-25-39-42(5,6)35-19-8-10-21-37(35)45(39)27-12-14-29-49-31(2)47/h7-10,18-25,30,46H,11-17,26-29H2,1-6H3/q+1. The number of rotatable bonds is 14. The molecule has 1 unspecified atom stereocenters. The minimum atomic E-state index is -0.732. The summed E-state index contributed by atoms with van der Waals surface area (Å²) in [5.74, 6) is -0.227. The molecule has 0 bridgehead atoms. The summed E-state index contributed by atoms with van der Waals surface area (Å²) in [7, 11) is 0. The van der Waals surface area contributed by atoms with E-state index in [0.717, 1.165) is 63.1 Å². The van der Waals surface area contributed by atoms with Crippen LogP contribution in [0.25, 0.3) is 0 Å². The van der Waals surface area contributed by atoms with Gasteiger partial charge < -0.3 is 19.5 Å². The molecule has 1 atom stereocenters. The van der Waals surface area contributed by atoms with Gasteiger partial charge in [0.1, 0.15) is 6.54 Å². The van der Waals surface area contributed by atoms with Crippen LogP contribution >= 0.6 is 11.6 Å². The number of hydrogen-bond acceptors (Lipinski definition) is 5. The maximum atomic E-state index is 11.2. The Morgan fingerprint density at radius 2 is 1.65 bits per heavy atom. The van der Waals surface area contributed by atoms with E-state index in [0.29, 0.717) is 13.2 Å². The third-order valence-electron chi connectivity index (χ3n) is 10.2. The van der Waals surface area contributed by atoms with Crippen LogP contribution in [0, 0.1) is 0 Å². The zero-order valence-corrected chi connectivity index (χ0v) is 31.0. The third-order valence-corrected chi connectivity index (χ3v) is 10.6. The van der Waals surface area contributed by atoms with Gasteiger partial charge >= 0.3 is 5.97 Å². The van der Waals surface area contributed by atoms with Crippen LogP contribution in [-0.4, -0.2) is 54.0 Å². The van der Waals surface area contributed by atoms with Gasteiger partial charge in [0.25, 0.3) is 0 Å². The van der Waals surface area contributed by atoms with E-state index in [4.69, 9.17) is 21.1 Å². The summed E-state index contributed by atoms with van der Waals surface area (Å²) in [6.45, 7) is 15.1. The number of esters is 1.